The van der Waals surface area contributed by atoms with Crippen molar-refractivity contribution in [2.45, 2.75) is 25.9 Å². The summed E-state index contributed by atoms with van der Waals surface area (Å²) in [6.45, 7) is 2.01. The molecule has 0 spiro atoms. The van der Waals surface area contributed by atoms with E-state index in [-0.39, 0.29) is 19.2 Å². The molecule has 90 valence electrons. The molecule has 0 fully saturated rings. The second-order valence-electron chi connectivity index (χ2n) is 3.54. The second kappa shape index (κ2) is 5.86. The van der Waals surface area contributed by atoms with Gasteiger partial charge < -0.3 is 10.4 Å². The molecule has 1 aromatic carbocycles. The van der Waals surface area contributed by atoms with Gasteiger partial charge in [-0.05, 0) is 24.1 Å². The molecular weight excluding hydrogens is 219 g/mol. The number of halogens is 3. The Morgan fingerprint density at radius 3 is 2.25 bits per heavy atom. The highest BCUT2D eigenvalue weighted by Crippen LogP contribution is 2.13. The normalized spacial score (nSPS) is 12.8. The van der Waals surface area contributed by atoms with Crippen LogP contribution in [0.2, 0.25) is 0 Å². The van der Waals surface area contributed by atoms with Crippen molar-refractivity contribution in [3.05, 3.63) is 35.1 Å². The molecule has 1 rings (SSSR count). The van der Waals surface area contributed by atoms with Crippen molar-refractivity contribution < 1.29 is 18.3 Å². The molecule has 1 aromatic rings. The van der Waals surface area contributed by atoms with Crippen LogP contribution in [0.15, 0.2) is 12.1 Å². The average molecular weight is 233 g/mol. The maximum absolute atomic E-state index is 12.8. The Bertz CT molecular complexity index is 330. The molecule has 0 aromatic heterocycles. The van der Waals surface area contributed by atoms with E-state index in [1.165, 1.54) is 0 Å². The first-order chi connectivity index (χ1) is 7.58. The summed E-state index contributed by atoms with van der Waals surface area (Å²) in [6, 6.07) is 1.75. The third-order valence-electron chi connectivity index (χ3n) is 2.35. The molecule has 0 heterocycles. The van der Waals surface area contributed by atoms with E-state index >= 15 is 0 Å². The highest BCUT2D eigenvalue weighted by Gasteiger charge is 2.11. The maximum Gasteiger partial charge on any atom is 0.194 e. The van der Waals surface area contributed by atoms with Crippen molar-refractivity contribution in [2.24, 2.45) is 0 Å². The highest BCUT2D eigenvalue weighted by atomic mass is 19.2. The van der Waals surface area contributed by atoms with Gasteiger partial charge >= 0.3 is 0 Å². The molecule has 0 saturated heterocycles. The largest absolute Gasteiger partial charge is 0.395 e. The van der Waals surface area contributed by atoms with E-state index < -0.39 is 17.5 Å². The first kappa shape index (κ1) is 13.0. The van der Waals surface area contributed by atoms with Crippen molar-refractivity contribution in [3.63, 3.8) is 0 Å². The number of nitrogens with one attached hydrogen (secondary N) is 1. The van der Waals surface area contributed by atoms with Gasteiger partial charge in [-0.1, -0.05) is 6.92 Å². The molecule has 2 N–H and O–H groups in total. The van der Waals surface area contributed by atoms with Gasteiger partial charge in [0.05, 0.1) is 6.61 Å². The number of aliphatic hydroxyl groups excluding tert-OH is 1. The topological polar surface area (TPSA) is 32.3 Å². The number of rotatable bonds is 5. The SMILES string of the molecule is CC[C@H](CO)NCc1cc(F)c(F)c(F)c1. The minimum atomic E-state index is -1.46. The molecular formula is C11H14F3NO. The van der Waals surface area contributed by atoms with E-state index in [1.807, 2.05) is 6.92 Å². The minimum Gasteiger partial charge on any atom is -0.395 e. The van der Waals surface area contributed by atoms with Crippen LogP contribution < -0.4 is 5.32 Å². The molecule has 0 aliphatic carbocycles. The standard InChI is InChI=1S/C11H14F3NO/c1-2-8(6-16)15-5-7-3-9(12)11(14)10(13)4-7/h3-4,8,15-16H,2,5-6H2,1H3/t8-/m1/s1. The summed E-state index contributed by atoms with van der Waals surface area (Å²) < 4.78 is 38.3. The summed E-state index contributed by atoms with van der Waals surface area (Å²) in [5.74, 6) is -3.86. The quantitative estimate of drug-likeness (QED) is 0.762. The first-order valence-electron chi connectivity index (χ1n) is 5.06. The summed E-state index contributed by atoms with van der Waals surface area (Å²) in [4.78, 5) is 0. The molecule has 1 atom stereocenters. The minimum absolute atomic E-state index is 0.0529. The van der Waals surface area contributed by atoms with Crippen molar-refractivity contribution in [1.82, 2.24) is 5.32 Å². The van der Waals surface area contributed by atoms with Gasteiger partial charge in [0, 0.05) is 12.6 Å². The molecule has 2 nitrogen and oxygen atoms in total. The zero-order valence-corrected chi connectivity index (χ0v) is 8.93. The van der Waals surface area contributed by atoms with Crippen LogP contribution in [0, 0.1) is 17.5 Å². The third kappa shape index (κ3) is 3.21. The number of hydrogen-bond donors (Lipinski definition) is 2. The summed E-state index contributed by atoms with van der Waals surface area (Å²) >= 11 is 0. The van der Waals surface area contributed by atoms with Gasteiger partial charge in [0.2, 0.25) is 0 Å². The Hall–Kier alpha value is -1.07. The number of benzene rings is 1. The first-order valence-corrected chi connectivity index (χ1v) is 5.06. The lowest BCUT2D eigenvalue weighted by molar-refractivity contribution is 0.238. The molecule has 0 aliphatic heterocycles. The van der Waals surface area contributed by atoms with E-state index in [1.54, 1.807) is 0 Å². The fourth-order valence-corrected chi connectivity index (χ4v) is 1.31. The Morgan fingerprint density at radius 2 is 1.81 bits per heavy atom. The van der Waals surface area contributed by atoms with E-state index in [9.17, 15) is 13.2 Å². The van der Waals surface area contributed by atoms with Crippen molar-refractivity contribution in [1.29, 1.82) is 0 Å². The van der Waals surface area contributed by atoms with Crippen LogP contribution >= 0.6 is 0 Å². The lowest BCUT2D eigenvalue weighted by Gasteiger charge is -2.13. The monoisotopic (exact) mass is 233 g/mol. The van der Waals surface area contributed by atoms with Gasteiger partial charge in [0.15, 0.2) is 17.5 Å². The molecule has 0 radical (unpaired) electrons. The van der Waals surface area contributed by atoms with Crippen LogP contribution in [0.5, 0.6) is 0 Å². The Kier molecular flexibility index (Phi) is 4.76. The lowest BCUT2D eigenvalue weighted by Crippen LogP contribution is -2.31. The van der Waals surface area contributed by atoms with Gasteiger partial charge in [0.1, 0.15) is 0 Å². The molecule has 16 heavy (non-hydrogen) atoms. The Morgan fingerprint density at radius 1 is 1.25 bits per heavy atom. The molecule has 0 bridgehead atoms. The maximum atomic E-state index is 12.8. The van der Waals surface area contributed by atoms with Crippen LogP contribution in [0.4, 0.5) is 13.2 Å². The van der Waals surface area contributed by atoms with E-state index in [4.69, 9.17) is 5.11 Å². The summed E-state index contributed by atoms with van der Waals surface area (Å²) in [6.07, 6.45) is 0.697. The van der Waals surface area contributed by atoms with E-state index in [2.05, 4.69) is 5.32 Å². The molecule has 5 heteroatoms. The third-order valence-corrected chi connectivity index (χ3v) is 2.35. The second-order valence-corrected chi connectivity index (χ2v) is 3.54. The van der Waals surface area contributed by atoms with Crippen LogP contribution in [0.3, 0.4) is 0 Å². The molecule has 0 saturated carbocycles. The lowest BCUT2D eigenvalue weighted by atomic mass is 10.1. The van der Waals surface area contributed by atoms with Crippen molar-refractivity contribution in [3.8, 4) is 0 Å². The molecule has 0 unspecified atom stereocenters. The smallest absolute Gasteiger partial charge is 0.194 e. The van der Waals surface area contributed by atoms with Crippen LogP contribution in [-0.2, 0) is 6.54 Å². The number of hydrogen-bond acceptors (Lipinski definition) is 2. The van der Waals surface area contributed by atoms with Crippen LogP contribution in [-0.4, -0.2) is 17.8 Å². The van der Waals surface area contributed by atoms with Crippen molar-refractivity contribution in [2.75, 3.05) is 6.61 Å². The van der Waals surface area contributed by atoms with E-state index in [0.717, 1.165) is 12.1 Å². The number of aliphatic hydroxyl groups is 1. The predicted octanol–water partition coefficient (Wildman–Crippen LogP) is 1.96. The fourth-order valence-electron chi connectivity index (χ4n) is 1.31. The van der Waals surface area contributed by atoms with Crippen LogP contribution in [0.1, 0.15) is 18.9 Å². The molecule has 0 aliphatic rings. The fraction of sp³-hybridized carbons (Fsp3) is 0.455. The van der Waals surface area contributed by atoms with Gasteiger partial charge in [-0.25, -0.2) is 13.2 Å². The summed E-state index contributed by atoms with van der Waals surface area (Å²) in [5, 5.41) is 11.8. The molecule has 0 amide bonds. The van der Waals surface area contributed by atoms with Gasteiger partial charge in [-0.2, -0.15) is 0 Å². The average Bonchev–Trinajstić information content (AvgIpc) is 2.27. The highest BCUT2D eigenvalue weighted by molar-refractivity contribution is 5.19. The van der Waals surface area contributed by atoms with Gasteiger partial charge in [-0.3, -0.25) is 0 Å². The van der Waals surface area contributed by atoms with Gasteiger partial charge in [-0.15, -0.1) is 0 Å². The zero-order chi connectivity index (χ0) is 12.1. The zero-order valence-electron chi connectivity index (χ0n) is 8.93. The summed E-state index contributed by atoms with van der Waals surface area (Å²) in [7, 11) is 0. The predicted molar refractivity (Wildman–Crippen MR) is 54.3 cm³/mol. The Labute approximate surface area is 92.1 Å². The van der Waals surface area contributed by atoms with E-state index in [0.29, 0.717) is 12.0 Å². The summed E-state index contributed by atoms with van der Waals surface area (Å²) in [5.41, 5.74) is 0.309. The Balaban J connectivity index is 2.68. The van der Waals surface area contributed by atoms with Crippen molar-refractivity contribution >= 4 is 0 Å². The van der Waals surface area contributed by atoms with Gasteiger partial charge in [0.25, 0.3) is 0 Å². The van der Waals surface area contributed by atoms with Crippen LogP contribution in [0.25, 0.3) is 0 Å².